The van der Waals surface area contributed by atoms with E-state index in [1.54, 1.807) is 6.20 Å². The number of nitrogens with zero attached hydrogens (tertiary/aromatic N) is 2. The first-order valence-corrected chi connectivity index (χ1v) is 5.12. The topological polar surface area (TPSA) is 43.8 Å². The van der Waals surface area contributed by atoms with Gasteiger partial charge in [-0.05, 0) is 12.0 Å². The highest BCUT2D eigenvalue weighted by Crippen LogP contribution is 2.13. The Morgan fingerprint density at radius 2 is 2.07 bits per heavy atom. The van der Waals surface area contributed by atoms with Crippen molar-refractivity contribution < 1.29 is 0 Å². The fourth-order valence-corrected chi connectivity index (χ4v) is 1.57. The van der Waals surface area contributed by atoms with E-state index in [-0.39, 0.29) is 6.04 Å². The van der Waals surface area contributed by atoms with E-state index < -0.39 is 0 Å². The molecule has 0 radical (unpaired) electrons. The van der Waals surface area contributed by atoms with Crippen LogP contribution in [0.25, 0.3) is 0 Å². The molecule has 1 aromatic carbocycles. The summed E-state index contributed by atoms with van der Waals surface area (Å²) in [6.07, 6.45) is 6.49. The zero-order valence-electron chi connectivity index (χ0n) is 8.58. The largest absolute Gasteiger partial charge is 0.337 e. The van der Waals surface area contributed by atoms with Gasteiger partial charge >= 0.3 is 0 Å². The fraction of sp³-hybridized carbons (Fsp3) is 0.250. The highest BCUT2D eigenvalue weighted by Gasteiger charge is 2.04. The number of benzene rings is 1. The molecule has 0 saturated heterocycles. The van der Waals surface area contributed by atoms with Gasteiger partial charge in [-0.3, -0.25) is 0 Å². The predicted molar refractivity (Wildman–Crippen MR) is 60.2 cm³/mol. The van der Waals surface area contributed by atoms with E-state index >= 15 is 0 Å². The van der Waals surface area contributed by atoms with Crippen LogP contribution in [0.15, 0.2) is 49.1 Å². The van der Waals surface area contributed by atoms with Crippen molar-refractivity contribution in [3.8, 4) is 0 Å². The predicted octanol–water partition coefficient (Wildman–Crippen LogP) is 1.97. The number of nitrogens with two attached hydrogens (primary N) is 1. The highest BCUT2D eigenvalue weighted by molar-refractivity contribution is 5.18. The van der Waals surface area contributed by atoms with Gasteiger partial charge in [0.05, 0.1) is 6.33 Å². The monoisotopic (exact) mass is 201 g/mol. The van der Waals surface area contributed by atoms with Gasteiger partial charge < -0.3 is 10.3 Å². The lowest BCUT2D eigenvalue weighted by Crippen LogP contribution is -2.12. The molecule has 1 aromatic heterocycles. The Balaban J connectivity index is 1.90. The molecule has 78 valence electrons. The van der Waals surface area contributed by atoms with Gasteiger partial charge in [0.25, 0.3) is 0 Å². The van der Waals surface area contributed by atoms with Crippen molar-refractivity contribution in [1.29, 1.82) is 0 Å². The normalized spacial score (nSPS) is 12.6. The Morgan fingerprint density at radius 3 is 2.73 bits per heavy atom. The molecular weight excluding hydrogens is 186 g/mol. The number of aromatic nitrogens is 2. The number of hydrogen-bond donors (Lipinski definition) is 1. The summed E-state index contributed by atoms with van der Waals surface area (Å²) in [7, 11) is 0. The van der Waals surface area contributed by atoms with Crippen molar-refractivity contribution in [3.05, 3.63) is 54.6 Å². The molecule has 1 atom stereocenters. The van der Waals surface area contributed by atoms with Crippen LogP contribution in [-0.2, 0) is 6.54 Å². The maximum absolute atomic E-state index is 6.08. The van der Waals surface area contributed by atoms with E-state index in [1.165, 1.54) is 5.56 Å². The first-order valence-electron chi connectivity index (χ1n) is 5.12. The maximum atomic E-state index is 6.08. The Bertz CT molecular complexity index is 381. The van der Waals surface area contributed by atoms with Crippen LogP contribution in [0.1, 0.15) is 18.0 Å². The van der Waals surface area contributed by atoms with Crippen molar-refractivity contribution in [3.63, 3.8) is 0 Å². The van der Waals surface area contributed by atoms with E-state index in [0.717, 1.165) is 13.0 Å². The summed E-state index contributed by atoms with van der Waals surface area (Å²) in [6, 6.07) is 10.3. The van der Waals surface area contributed by atoms with E-state index in [1.807, 2.05) is 35.3 Å². The molecule has 2 aromatic rings. The zero-order valence-corrected chi connectivity index (χ0v) is 8.58. The molecule has 0 fully saturated rings. The van der Waals surface area contributed by atoms with Crippen LogP contribution in [0.3, 0.4) is 0 Å². The quantitative estimate of drug-likeness (QED) is 0.822. The molecule has 0 saturated carbocycles. The molecule has 2 N–H and O–H groups in total. The van der Waals surface area contributed by atoms with Gasteiger partial charge in [-0.25, -0.2) is 4.98 Å². The summed E-state index contributed by atoms with van der Waals surface area (Å²) in [5.74, 6) is 0. The van der Waals surface area contributed by atoms with Crippen LogP contribution in [0.5, 0.6) is 0 Å². The average molecular weight is 201 g/mol. The number of imidazole rings is 1. The second kappa shape index (κ2) is 4.75. The second-order valence-corrected chi connectivity index (χ2v) is 3.61. The Hall–Kier alpha value is -1.61. The van der Waals surface area contributed by atoms with Gasteiger partial charge in [0, 0.05) is 25.0 Å². The van der Waals surface area contributed by atoms with Gasteiger partial charge in [0.2, 0.25) is 0 Å². The number of rotatable bonds is 4. The molecule has 1 heterocycles. The van der Waals surface area contributed by atoms with Crippen molar-refractivity contribution >= 4 is 0 Å². The molecule has 3 nitrogen and oxygen atoms in total. The zero-order chi connectivity index (χ0) is 10.5. The van der Waals surface area contributed by atoms with Crippen molar-refractivity contribution in [2.45, 2.75) is 19.0 Å². The van der Waals surface area contributed by atoms with Crippen LogP contribution in [0.4, 0.5) is 0 Å². The van der Waals surface area contributed by atoms with Crippen LogP contribution in [0, 0.1) is 0 Å². The molecule has 15 heavy (non-hydrogen) atoms. The molecule has 1 unspecified atom stereocenters. The lowest BCUT2D eigenvalue weighted by Gasteiger charge is -2.11. The second-order valence-electron chi connectivity index (χ2n) is 3.61. The molecular formula is C12H15N3. The molecule has 0 aliphatic carbocycles. The van der Waals surface area contributed by atoms with Gasteiger partial charge in [-0.2, -0.15) is 0 Å². The minimum Gasteiger partial charge on any atom is -0.337 e. The third-order valence-electron chi connectivity index (χ3n) is 2.49. The van der Waals surface area contributed by atoms with Gasteiger partial charge in [-0.15, -0.1) is 0 Å². The van der Waals surface area contributed by atoms with Crippen molar-refractivity contribution in [2.75, 3.05) is 0 Å². The molecule has 3 heteroatoms. The van der Waals surface area contributed by atoms with Gasteiger partial charge in [-0.1, -0.05) is 30.3 Å². The summed E-state index contributed by atoms with van der Waals surface area (Å²) in [6.45, 7) is 0.913. The minimum absolute atomic E-state index is 0.105. The van der Waals surface area contributed by atoms with Crippen LogP contribution < -0.4 is 5.73 Å². The standard InChI is InChI=1S/C12H15N3/c13-12(11-4-2-1-3-5-11)6-8-15-9-7-14-10-15/h1-5,7,9-10,12H,6,8,13H2. The number of aryl methyl sites for hydroxylation is 1. The van der Waals surface area contributed by atoms with Crippen molar-refractivity contribution in [1.82, 2.24) is 9.55 Å². The average Bonchev–Trinajstić information content (AvgIpc) is 2.80. The van der Waals surface area contributed by atoms with E-state index in [2.05, 4.69) is 17.1 Å². The van der Waals surface area contributed by atoms with E-state index in [4.69, 9.17) is 5.73 Å². The summed E-state index contributed by atoms with van der Waals surface area (Å²) < 4.78 is 2.04. The Labute approximate surface area is 89.6 Å². The molecule has 0 bridgehead atoms. The Kier molecular flexibility index (Phi) is 3.15. The summed E-state index contributed by atoms with van der Waals surface area (Å²) in [5, 5.41) is 0. The molecule has 2 rings (SSSR count). The summed E-state index contributed by atoms with van der Waals surface area (Å²) in [5.41, 5.74) is 7.27. The summed E-state index contributed by atoms with van der Waals surface area (Å²) >= 11 is 0. The smallest absolute Gasteiger partial charge is 0.0945 e. The van der Waals surface area contributed by atoms with E-state index in [9.17, 15) is 0 Å². The highest BCUT2D eigenvalue weighted by atomic mass is 15.0. The van der Waals surface area contributed by atoms with Crippen molar-refractivity contribution in [2.24, 2.45) is 5.73 Å². The first kappa shape index (κ1) is 9.93. The summed E-state index contributed by atoms with van der Waals surface area (Å²) in [4.78, 5) is 4.00. The fourth-order valence-electron chi connectivity index (χ4n) is 1.57. The van der Waals surface area contributed by atoms with Crippen LogP contribution in [0.2, 0.25) is 0 Å². The SMILES string of the molecule is NC(CCn1ccnc1)c1ccccc1. The first-order chi connectivity index (χ1) is 7.36. The third-order valence-corrected chi connectivity index (χ3v) is 2.49. The van der Waals surface area contributed by atoms with Gasteiger partial charge in [0.15, 0.2) is 0 Å². The maximum Gasteiger partial charge on any atom is 0.0945 e. The number of hydrogen-bond acceptors (Lipinski definition) is 2. The molecule has 0 aliphatic rings. The lowest BCUT2D eigenvalue weighted by molar-refractivity contribution is 0.560. The molecule has 0 amide bonds. The lowest BCUT2D eigenvalue weighted by atomic mass is 10.1. The molecule has 0 aliphatic heterocycles. The van der Waals surface area contributed by atoms with E-state index in [0.29, 0.717) is 0 Å². The van der Waals surface area contributed by atoms with Crippen LogP contribution >= 0.6 is 0 Å². The van der Waals surface area contributed by atoms with Crippen LogP contribution in [-0.4, -0.2) is 9.55 Å². The third kappa shape index (κ3) is 2.67. The minimum atomic E-state index is 0.105. The Morgan fingerprint density at radius 1 is 1.27 bits per heavy atom. The molecule has 0 spiro atoms. The van der Waals surface area contributed by atoms with Gasteiger partial charge in [0.1, 0.15) is 0 Å².